The molecule has 2 amide bonds. The van der Waals surface area contributed by atoms with E-state index in [-0.39, 0.29) is 17.8 Å². The maximum Gasteiger partial charge on any atom is 0.276 e. The minimum absolute atomic E-state index is 0.00800. The van der Waals surface area contributed by atoms with E-state index in [1.807, 2.05) is 13.8 Å². The predicted octanol–water partition coefficient (Wildman–Crippen LogP) is 2.84. The van der Waals surface area contributed by atoms with Crippen LogP contribution >= 0.6 is 23.8 Å². The van der Waals surface area contributed by atoms with E-state index in [0.29, 0.717) is 22.1 Å². The molecule has 0 aliphatic carbocycles. The van der Waals surface area contributed by atoms with Crippen LogP contribution in [0.4, 0.5) is 0 Å². The third-order valence-electron chi connectivity index (χ3n) is 3.19. The summed E-state index contributed by atoms with van der Waals surface area (Å²) in [5.41, 5.74) is 5.16. The number of hydrazine groups is 1. The van der Waals surface area contributed by atoms with Crippen LogP contribution in [0, 0.1) is 0 Å². The Hall–Kier alpha value is -2.84. The SMILES string of the molecule is CC(C)Oc1cccc(C(=O)NC(=S)NNC(=O)COc2ccc(Cl)cc2)c1. The van der Waals surface area contributed by atoms with Crippen molar-refractivity contribution in [3.63, 3.8) is 0 Å². The van der Waals surface area contributed by atoms with Crippen molar-refractivity contribution in [1.29, 1.82) is 0 Å². The number of amides is 2. The fourth-order valence-electron chi connectivity index (χ4n) is 2.03. The van der Waals surface area contributed by atoms with Gasteiger partial charge in [0.2, 0.25) is 0 Å². The van der Waals surface area contributed by atoms with Crippen molar-refractivity contribution < 1.29 is 19.1 Å². The molecule has 0 atom stereocenters. The number of thiocarbonyl (C=S) groups is 1. The van der Waals surface area contributed by atoms with E-state index in [0.717, 1.165) is 0 Å². The number of nitrogens with one attached hydrogen (secondary N) is 3. The lowest BCUT2D eigenvalue weighted by molar-refractivity contribution is -0.123. The highest BCUT2D eigenvalue weighted by Crippen LogP contribution is 2.15. The van der Waals surface area contributed by atoms with Gasteiger partial charge in [-0.2, -0.15) is 0 Å². The summed E-state index contributed by atoms with van der Waals surface area (Å²) in [6.07, 6.45) is -0.00800. The monoisotopic (exact) mass is 421 g/mol. The standard InChI is InChI=1S/C19H20ClN3O4S/c1-12(2)27-16-5-3-4-13(10-16)18(25)21-19(28)23-22-17(24)11-26-15-8-6-14(20)7-9-15/h3-10,12H,11H2,1-2H3,(H,22,24)(H2,21,23,25,28). The van der Waals surface area contributed by atoms with Crippen LogP contribution in [0.25, 0.3) is 0 Å². The van der Waals surface area contributed by atoms with E-state index >= 15 is 0 Å². The van der Waals surface area contributed by atoms with Crippen LogP contribution in [0.1, 0.15) is 24.2 Å². The van der Waals surface area contributed by atoms with E-state index in [1.165, 1.54) is 0 Å². The van der Waals surface area contributed by atoms with Gasteiger partial charge in [-0.1, -0.05) is 17.7 Å². The summed E-state index contributed by atoms with van der Waals surface area (Å²) >= 11 is 10.8. The second-order valence-corrected chi connectivity index (χ2v) is 6.74. The highest BCUT2D eigenvalue weighted by Gasteiger charge is 2.10. The molecule has 2 aromatic carbocycles. The van der Waals surface area contributed by atoms with Gasteiger partial charge in [0.25, 0.3) is 11.8 Å². The van der Waals surface area contributed by atoms with Gasteiger partial charge in [0, 0.05) is 10.6 Å². The summed E-state index contributed by atoms with van der Waals surface area (Å²) < 4.78 is 10.8. The average molecular weight is 422 g/mol. The van der Waals surface area contributed by atoms with Gasteiger partial charge in [-0.25, -0.2) is 0 Å². The minimum Gasteiger partial charge on any atom is -0.491 e. The van der Waals surface area contributed by atoms with Crippen molar-refractivity contribution >= 4 is 40.7 Å². The number of hydrogen-bond acceptors (Lipinski definition) is 5. The Balaban J connectivity index is 1.76. The third kappa shape index (κ3) is 7.42. The lowest BCUT2D eigenvalue weighted by atomic mass is 10.2. The number of carbonyl (C=O) groups is 2. The smallest absolute Gasteiger partial charge is 0.276 e. The lowest BCUT2D eigenvalue weighted by Crippen LogP contribution is -2.49. The number of rotatable bonds is 6. The number of benzene rings is 2. The molecule has 7 nitrogen and oxygen atoms in total. The van der Waals surface area contributed by atoms with E-state index in [9.17, 15) is 9.59 Å². The van der Waals surface area contributed by atoms with E-state index < -0.39 is 11.8 Å². The zero-order valence-electron chi connectivity index (χ0n) is 15.3. The first-order valence-electron chi connectivity index (χ1n) is 8.38. The van der Waals surface area contributed by atoms with Gasteiger partial charge in [-0.15, -0.1) is 0 Å². The summed E-state index contributed by atoms with van der Waals surface area (Å²) in [7, 11) is 0. The first-order valence-corrected chi connectivity index (χ1v) is 9.17. The molecule has 0 aromatic heterocycles. The summed E-state index contributed by atoms with van der Waals surface area (Å²) in [6, 6.07) is 13.3. The third-order valence-corrected chi connectivity index (χ3v) is 3.65. The molecule has 0 radical (unpaired) electrons. The highest BCUT2D eigenvalue weighted by molar-refractivity contribution is 7.80. The van der Waals surface area contributed by atoms with Crippen LogP contribution in [0.15, 0.2) is 48.5 Å². The highest BCUT2D eigenvalue weighted by atomic mass is 35.5. The van der Waals surface area contributed by atoms with Gasteiger partial charge in [0.1, 0.15) is 11.5 Å². The Bertz CT molecular complexity index is 843. The van der Waals surface area contributed by atoms with Gasteiger partial charge in [-0.05, 0) is 68.5 Å². The van der Waals surface area contributed by atoms with Gasteiger partial charge in [-0.3, -0.25) is 25.8 Å². The van der Waals surface area contributed by atoms with Crippen LogP contribution in [-0.4, -0.2) is 29.6 Å². The van der Waals surface area contributed by atoms with Gasteiger partial charge in [0.05, 0.1) is 6.10 Å². The van der Waals surface area contributed by atoms with Crippen LogP contribution in [-0.2, 0) is 4.79 Å². The van der Waals surface area contributed by atoms with Crippen molar-refractivity contribution in [2.24, 2.45) is 0 Å². The molecule has 148 valence electrons. The van der Waals surface area contributed by atoms with Gasteiger partial charge in [0.15, 0.2) is 11.7 Å². The normalized spacial score (nSPS) is 10.1. The number of ether oxygens (including phenoxy) is 2. The zero-order chi connectivity index (χ0) is 20.5. The van der Waals surface area contributed by atoms with Crippen molar-refractivity contribution in [1.82, 2.24) is 16.2 Å². The minimum atomic E-state index is -0.473. The maximum atomic E-state index is 12.2. The fraction of sp³-hybridized carbons (Fsp3) is 0.211. The van der Waals surface area contributed by atoms with Crippen molar-refractivity contribution in [2.45, 2.75) is 20.0 Å². The topological polar surface area (TPSA) is 88.7 Å². The summed E-state index contributed by atoms with van der Waals surface area (Å²) in [6.45, 7) is 3.55. The molecular formula is C19H20ClN3O4S. The van der Waals surface area contributed by atoms with Crippen LogP contribution < -0.4 is 25.6 Å². The zero-order valence-corrected chi connectivity index (χ0v) is 16.9. The molecule has 0 fully saturated rings. The molecule has 28 heavy (non-hydrogen) atoms. The molecule has 0 saturated heterocycles. The molecular weight excluding hydrogens is 402 g/mol. The molecule has 0 unspecified atom stereocenters. The molecule has 9 heteroatoms. The molecule has 0 heterocycles. The number of carbonyl (C=O) groups excluding carboxylic acids is 2. The van der Waals surface area contributed by atoms with E-state index in [1.54, 1.807) is 48.5 Å². The van der Waals surface area contributed by atoms with E-state index in [2.05, 4.69) is 16.2 Å². The fourth-order valence-corrected chi connectivity index (χ4v) is 2.30. The second-order valence-electron chi connectivity index (χ2n) is 5.89. The summed E-state index contributed by atoms with van der Waals surface area (Å²) in [4.78, 5) is 24.0. The molecule has 3 N–H and O–H groups in total. The number of halogens is 1. The molecule has 0 spiro atoms. The Morgan fingerprint density at radius 2 is 1.79 bits per heavy atom. The van der Waals surface area contributed by atoms with Gasteiger partial charge < -0.3 is 9.47 Å². The van der Waals surface area contributed by atoms with Crippen molar-refractivity contribution in [3.8, 4) is 11.5 Å². The molecule has 0 aliphatic heterocycles. The Morgan fingerprint density at radius 1 is 1.07 bits per heavy atom. The van der Waals surface area contributed by atoms with Crippen molar-refractivity contribution in [3.05, 3.63) is 59.1 Å². The van der Waals surface area contributed by atoms with Crippen LogP contribution in [0.2, 0.25) is 5.02 Å². The van der Waals surface area contributed by atoms with E-state index in [4.69, 9.17) is 33.3 Å². The Labute approximate surface area is 173 Å². The second kappa shape index (κ2) is 10.5. The molecule has 2 rings (SSSR count). The largest absolute Gasteiger partial charge is 0.491 e. The summed E-state index contributed by atoms with van der Waals surface area (Å²) in [5.74, 6) is 0.172. The van der Waals surface area contributed by atoms with Crippen molar-refractivity contribution in [2.75, 3.05) is 6.61 Å². The lowest BCUT2D eigenvalue weighted by Gasteiger charge is -2.13. The maximum absolute atomic E-state index is 12.2. The van der Waals surface area contributed by atoms with Crippen LogP contribution in [0.5, 0.6) is 11.5 Å². The Kier molecular flexibility index (Phi) is 8.03. The first kappa shape index (κ1) is 21.5. The predicted molar refractivity (Wildman–Crippen MR) is 110 cm³/mol. The Morgan fingerprint density at radius 3 is 2.46 bits per heavy atom. The average Bonchev–Trinajstić information content (AvgIpc) is 2.65. The number of hydrogen-bond donors (Lipinski definition) is 3. The van der Waals surface area contributed by atoms with Gasteiger partial charge >= 0.3 is 0 Å². The molecule has 2 aromatic rings. The molecule has 0 aliphatic rings. The van der Waals surface area contributed by atoms with Crippen LogP contribution in [0.3, 0.4) is 0 Å². The quantitative estimate of drug-likeness (QED) is 0.491. The molecule has 0 bridgehead atoms. The molecule has 0 saturated carbocycles. The summed E-state index contributed by atoms with van der Waals surface area (Å²) in [5, 5.41) is 2.98. The first-order chi connectivity index (χ1) is 13.3.